The highest BCUT2D eigenvalue weighted by Crippen LogP contribution is 2.23. The normalized spacial score (nSPS) is 25.0. The van der Waals surface area contributed by atoms with E-state index in [1.165, 1.54) is 0 Å². The molecule has 3 aliphatic heterocycles. The first-order valence-electron chi connectivity index (χ1n) is 8.87. The molecule has 4 rings (SSSR count). The Morgan fingerprint density at radius 1 is 0.960 bits per heavy atom. The molecule has 0 spiro atoms. The summed E-state index contributed by atoms with van der Waals surface area (Å²) in [5.74, 6) is 1.02. The van der Waals surface area contributed by atoms with Gasteiger partial charge in [0.15, 0.2) is 0 Å². The molecule has 0 aromatic carbocycles. The average molecular weight is 367 g/mol. The average Bonchev–Trinajstić information content (AvgIpc) is 2.62. The molecule has 1 aromatic rings. The lowest BCUT2D eigenvalue weighted by Crippen LogP contribution is -2.66. The van der Waals surface area contributed by atoms with E-state index in [1.807, 2.05) is 24.4 Å². The molecule has 138 valence electrons. The summed E-state index contributed by atoms with van der Waals surface area (Å²) in [7, 11) is -3.31. The molecular formula is C16H25N5O3S. The van der Waals surface area contributed by atoms with E-state index in [9.17, 15) is 8.42 Å². The van der Waals surface area contributed by atoms with Crippen LogP contribution in [-0.4, -0.2) is 98.5 Å². The number of piperazine rings is 1. The maximum absolute atomic E-state index is 12.6. The highest BCUT2D eigenvalue weighted by Gasteiger charge is 2.42. The molecule has 0 amide bonds. The SMILES string of the molecule is O=S(=O)(N1CCOCC1)N1CC(N2CCN(c3ccccn3)CC2)C1. The van der Waals surface area contributed by atoms with Crippen LogP contribution in [0.1, 0.15) is 0 Å². The van der Waals surface area contributed by atoms with Crippen molar-refractivity contribution in [3.05, 3.63) is 24.4 Å². The van der Waals surface area contributed by atoms with Crippen molar-refractivity contribution in [1.29, 1.82) is 0 Å². The first kappa shape index (κ1) is 17.2. The molecule has 0 aliphatic carbocycles. The molecular weight excluding hydrogens is 342 g/mol. The summed E-state index contributed by atoms with van der Waals surface area (Å²) in [5, 5.41) is 0. The second-order valence-electron chi connectivity index (χ2n) is 6.70. The fourth-order valence-corrected chi connectivity index (χ4v) is 5.29. The molecule has 0 radical (unpaired) electrons. The van der Waals surface area contributed by atoms with Crippen molar-refractivity contribution >= 4 is 16.0 Å². The Hall–Kier alpha value is -1.26. The lowest BCUT2D eigenvalue weighted by molar-refractivity contribution is 0.0551. The van der Waals surface area contributed by atoms with E-state index in [4.69, 9.17) is 4.74 Å². The topological polar surface area (TPSA) is 69.2 Å². The van der Waals surface area contributed by atoms with Crippen molar-refractivity contribution in [1.82, 2.24) is 18.5 Å². The Morgan fingerprint density at radius 3 is 2.32 bits per heavy atom. The number of morpholine rings is 1. The maximum Gasteiger partial charge on any atom is 0.282 e. The number of ether oxygens (including phenoxy) is 1. The highest BCUT2D eigenvalue weighted by atomic mass is 32.2. The van der Waals surface area contributed by atoms with Gasteiger partial charge >= 0.3 is 0 Å². The van der Waals surface area contributed by atoms with Crippen molar-refractivity contribution in [2.24, 2.45) is 0 Å². The van der Waals surface area contributed by atoms with E-state index >= 15 is 0 Å². The van der Waals surface area contributed by atoms with Crippen molar-refractivity contribution in [2.75, 3.05) is 70.5 Å². The van der Waals surface area contributed by atoms with E-state index < -0.39 is 10.2 Å². The molecule has 0 atom stereocenters. The van der Waals surface area contributed by atoms with Crippen LogP contribution in [0.25, 0.3) is 0 Å². The predicted octanol–water partition coefficient (Wildman–Crippen LogP) is -0.535. The maximum atomic E-state index is 12.6. The smallest absolute Gasteiger partial charge is 0.282 e. The number of anilines is 1. The fourth-order valence-electron chi connectivity index (χ4n) is 3.63. The first-order chi connectivity index (χ1) is 12.1. The van der Waals surface area contributed by atoms with Crippen LogP contribution in [0.2, 0.25) is 0 Å². The number of rotatable bonds is 4. The standard InChI is InChI=1S/C16H25N5O3S/c22-25(23,20-9-11-24-12-10-20)21-13-15(14-21)18-5-7-19(8-6-18)16-3-1-2-4-17-16/h1-4,15H,5-14H2. The predicted molar refractivity (Wildman–Crippen MR) is 94.7 cm³/mol. The zero-order valence-electron chi connectivity index (χ0n) is 14.3. The van der Waals surface area contributed by atoms with Gasteiger partial charge in [0.25, 0.3) is 10.2 Å². The van der Waals surface area contributed by atoms with Crippen molar-refractivity contribution < 1.29 is 13.2 Å². The molecule has 25 heavy (non-hydrogen) atoms. The van der Waals surface area contributed by atoms with Crippen LogP contribution in [0.5, 0.6) is 0 Å². The number of hydrogen-bond donors (Lipinski definition) is 0. The number of pyridine rings is 1. The van der Waals surface area contributed by atoms with Crippen molar-refractivity contribution in [3.63, 3.8) is 0 Å². The largest absolute Gasteiger partial charge is 0.379 e. The molecule has 0 saturated carbocycles. The quantitative estimate of drug-likeness (QED) is 0.712. The molecule has 3 fully saturated rings. The summed E-state index contributed by atoms with van der Waals surface area (Å²) in [6.45, 7) is 6.88. The zero-order chi connectivity index (χ0) is 17.3. The Balaban J connectivity index is 1.27. The summed E-state index contributed by atoms with van der Waals surface area (Å²) >= 11 is 0. The first-order valence-corrected chi connectivity index (χ1v) is 10.3. The van der Waals surface area contributed by atoms with Gasteiger partial charge in [0, 0.05) is 64.6 Å². The zero-order valence-corrected chi connectivity index (χ0v) is 15.1. The Labute approximate surface area is 149 Å². The molecule has 1 aromatic heterocycles. The van der Waals surface area contributed by atoms with Crippen molar-refractivity contribution in [2.45, 2.75) is 6.04 Å². The Morgan fingerprint density at radius 2 is 1.68 bits per heavy atom. The van der Waals surface area contributed by atoms with Gasteiger partial charge in [0.1, 0.15) is 5.82 Å². The van der Waals surface area contributed by atoms with Crippen LogP contribution >= 0.6 is 0 Å². The van der Waals surface area contributed by atoms with Crippen LogP contribution in [-0.2, 0) is 14.9 Å². The van der Waals surface area contributed by atoms with Gasteiger partial charge in [-0.15, -0.1) is 0 Å². The Bertz CT molecular complexity index is 666. The molecule has 3 saturated heterocycles. The van der Waals surface area contributed by atoms with Crippen LogP contribution in [0.4, 0.5) is 5.82 Å². The molecule has 4 heterocycles. The highest BCUT2D eigenvalue weighted by molar-refractivity contribution is 7.86. The van der Waals surface area contributed by atoms with Gasteiger partial charge in [0.05, 0.1) is 13.2 Å². The van der Waals surface area contributed by atoms with E-state index in [0.717, 1.165) is 32.0 Å². The van der Waals surface area contributed by atoms with Gasteiger partial charge in [0.2, 0.25) is 0 Å². The summed E-state index contributed by atoms with van der Waals surface area (Å²) in [4.78, 5) is 9.10. The van der Waals surface area contributed by atoms with Gasteiger partial charge in [-0.25, -0.2) is 4.98 Å². The number of nitrogens with zero attached hydrogens (tertiary/aromatic N) is 5. The number of aromatic nitrogens is 1. The summed E-state index contributed by atoms with van der Waals surface area (Å²) in [6, 6.07) is 6.31. The monoisotopic (exact) mass is 367 g/mol. The van der Waals surface area contributed by atoms with E-state index in [0.29, 0.717) is 45.4 Å². The van der Waals surface area contributed by atoms with E-state index in [-0.39, 0.29) is 0 Å². The minimum Gasteiger partial charge on any atom is -0.379 e. The van der Waals surface area contributed by atoms with Crippen LogP contribution < -0.4 is 4.90 Å². The van der Waals surface area contributed by atoms with Gasteiger partial charge < -0.3 is 9.64 Å². The minimum absolute atomic E-state index is 0.335. The molecule has 0 unspecified atom stereocenters. The van der Waals surface area contributed by atoms with Crippen LogP contribution in [0.15, 0.2) is 24.4 Å². The third-order valence-corrected chi connectivity index (χ3v) is 7.22. The van der Waals surface area contributed by atoms with Crippen LogP contribution in [0.3, 0.4) is 0 Å². The summed E-state index contributed by atoms with van der Waals surface area (Å²) in [6.07, 6.45) is 1.82. The second kappa shape index (κ2) is 7.16. The molecule has 8 nitrogen and oxygen atoms in total. The van der Waals surface area contributed by atoms with Gasteiger partial charge in [-0.3, -0.25) is 4.90 Å². The van der Waals surface area contributed by atoms with E-state index in [1.54, 1.807) is 8.61 Å². The molecule has 9 heteroatoms. The molecule has 0 bridgehead atoms. The van der Waals surface area contributed by atoms with Crippen LogP contribution in [0, 0.1) is 0 Å². The Kier molecular flexibility index (Phi) is 4.92. The third kappa shape index (κ3) is 3.52. The van der Waals surface area contributed by atoms with Crippen molar-refractivity contribution in [3.8, 4) is 0 Å². The van der Waals surface area contributed by atoms with Gasteiger partial charge in [-0.1, -0.05) is 6.07 Å². The number of hydrogen-bond acceptors (Lipinski definition) is 6. The lowest BCUT2D eigenvalue weighted by atomic mass is 10.1. The molecule has 0 N–H and O–H groups in total. The van der Waals surface area contributed by atoms with Gasteiger partial charge in [-0.05, 0) is 12.1 Å². The summed E-state index contributed by atoms with van der Waals surface area (Å²) < 4.78 is 33.6. The second-order valence-corrected chi connectivity index (χ2v) is 8.63. The van der Waals surface area contributed by atoms with Gasteiger partial charge in [-0.2, -0.15) is 17.0 Å². The fraction of sp³-hybridized carbons (Fsp3) is 0.688. The summed E-state index contributed by atoms with van der Waals surface area (Å²) in [5.41, 5.74) is 0. The molecule has 3 aliphatic rings. The minimum atomic E-state index is -3.31. The lowest BCUT2D eigenvalue weighted by Gasteiger charge is -2.48. The van der Waals surface area contributed by atoms with E-state index in [2.05, 4.69) is 14.8 Å². The third-order valence-electron chi connectivity index (χ3n) is 5.26.